The highest BCUT2D eigenvalue weighted by Crippen LogP contribution is 2.37. The molecular weight excluding hydrogens is 347 g/mol. The lowest BCUT2D eigenvalue weighted by Gasteiger charge is -2.33. The summed E-state index contributed by atoms with van der Waals surface area (Å²) < 4.78 is 39.9. The average Bonchev–Trinajstić information content (AvgIpc) is 2.41. The summed E-state index contributed by atoms with van der Waals surface area (Å²) in [6, 6.07) is 4.30. The zero-order chi connectivity index (χ0) is 15.6. The minimum Gasteiger partial charge on any atom is -0.349 e. The fourth-order valence-electron chi connectivity index (χ4n) is 2.80. The monoisotopic (exact) mass is 363 g/mol. The molecule has 21 heavy (non-hydrogen) atoms. The number of nitrogens with one attached hydrogen (secondary N) is 1. The summed E-state index contributed by atoms with van der Waals surface area (Å²) in [5.41, 5.74) is 1.14. The topological polar surface area (TPSA) is 29.1 Å². The molecule has 0 aliphatic heterocycles. The largest absolute Gasteiger partial charge is 0.393 e. The van der Waals surface area contributed by atoms with Crippen LogP contribution in [0.1, 0.15) is 41.6 Å². The number of hydrogen-bond donors (Lipinski definition) is 1. The molecule has 2 atom stereocenters. The Bertz CT molecular complexity index is 530. The molecule has 2 nitrogen and oxygen atoms in total. The van der Waals surface area contributed by atoms with Crippen LogP contribution in [0.25, 0.3) is 0 Å². The molecule has 0 aromatic heterocycles. The summed E-state index contributed by atoms with van der Waals surface area (Å²) in [6.45, 7) is 1.76. The van der Waals surface area contributed by atoms with E-state index < -0.39 is 24.0 Å². The van der Waals surface area contributed by atoms with Crippen LogP contribution in [0.15, 0.2) is 22.7 Å². The Balaban J connectivity index is 2.15. The van der Waals surface area contributed by atoms with Crippen LogP contribution in [-0.4, -0.2) is 18.1 Å². The molecule has 1 N–H and O–H groups in total. The van der Waals surface area contributed by atoms with Gasteiger partial charge in [-0.1, -0.05) is 34.8 Å². The van der Waals surface area contributed by atoms with Gasteiger partial charge in [-0.2, -0.15) is 13.2 Å². The summed E-state index contributed by atoms with van der Waals surface area (Å²) in [5, 5.41) is 2.58. The lowest BCUT2D eigenvalue weighted by molar-refractivity contribution is -0.187. The standard InChI is InChI=1S/C15H17BrF3NO/c1-9-10(5-4-7-12(9)16)14(21)20-13-8-3-2-6-11(13)15(17,18)19/h4-5,7,11,13H,2-3,6,8H2,1H3,(H,20,21). The zero-order valence-corrected chi connectivity index (χ0v) is 13.2. The number of amides is 1. The third kappa shape index (κ3) is 3.78. The Morgan fingerprint density at radius 2 is 1.95 bits per heavy atom. The van der Waals surface area contributed by atoms with Crippen LogP contribution in [0.3, 0.4) is 0 Å². The number of hydrogen-bond acceptors (Lipinski definition) is 1. The first kappa shape index (κ1) is 16.3. The summed E-state index contributed by atoms with van der Waals surface area (Å²) in [7, 11) is 0. The van der Waals surface area contributed by atoms with E-state index in [0.717, 1.165) is 16.5 Å². The van der Waals surface area contributed by atoms with E-state index in [2.05, 4.69) is 21.2 Å². The van der Waals surface area contributed by atoms with Gasteiger partial charge in [-0.25, -0.2) is 0 Å². The molecule has 1 fully saturated rings. The van der Waals surface area contributed by atoms with E-state index in [1.165, 1.54) is 0 Å². The molecule has 1 saturated carbocycles. The SMILES string of the molecule is Cc1c(Br)cccc1C(=O)NC1CCCCC1C(F)(F)F. The second kappa shape index (κ2) is 6.38. The highest BCUT2D eigenvalue weighted by atomic mass is 79.9. The Morgan fingerprint density at radius 3 is 2.62 bits per heavy atom. The van der Waals surface area contributed by atoms with Gasteiger partial charge in [0.25, 0.3) is 5.91 Å². The Labute approximate surface area is 130 Å². The maximum atomic E-state index is 13.0. The third-order valence-corrected chi connectivity index (χ3v) is 4.87. The van der Waals surface area contributed by atoms with E-state index >= 15 is 0 Å². The minimum absolute atomic E-state index is 0.0892. The third-order valence-electron chi connectivity index (χ3n) is 4.02. The van der Waals surface area contributed by atoms with E-state index in [-0.39, 0.29) is 6.42 Å². The lowest BCUT2D eigenvalue weighted by Crippen LogP contribution is -2.47. The summed E-state index contributed by atoms with van der Waals surface area (Å²) in [6.07, 6.45) is -2.51. The molecule has 116 valence electrons. The van der Waals surface area contributed by atoms with Crippen molar-refractivity contribution < 1.29 is 18.0 Å². The van der Waals surface area contributed by atoms with Gasteiger partial charge < -0.3 is 5.32 Å². The quantitative estimate of drug-likeness (QED) is 0.816. The van der Waals surface area contributed by atoms with Gasteiger partial charge in [0.15, 0.2) is 0 Å². The van der Waals surface area contributed by atoms with Crippen molar-refractivity contribution in [3.63, 3.8) is 0 Å². The van der Waals surface area contributed by atoms with Crippen molar-refractivity contribution in [1.29, 1.82) is 0 Å². The first-order chi connectivity index (χ1) is 9.80. The Kier molecular flexibility index (Phi) is 4.96. The van der Waals surface area contributed by atoms with Crippen molar-refractivity contribution in [2.45, 2.75) is 44.8 Å². The van der Waals surface area contributed by atoms with Crippen molar-refractivity contribution in [1.82, 2.24) is 5.32 Å². The highest BCUT2D eigenvalue weighted by molar-refractivity contribution is 9.10. The lowest BCUT2D eigenvalue weighted by atomic mass is 9.84. The molecule has 1 aromatic carbocycles. The molecule has 2 unspecified atom stereocenters. The van der Waals surface area contributed by atoms with Crippen LogP contribution in [-0.2, 0) is 0 Å². The molecular formula is C15H17BrF3NO. The van der Waals surface area contributed by atoms with Gasteiger partial charge in [0.2, 0.25) is 0 Å². The zero-order valence-electron chi connectivity index (χ0n) is 11.6. The van der Waals surface area contributed by atoms with Crippen LogP contribution in [0.5, 0.6) is 0 Å². The Hall–Kier alpha value is -1.04. The average molecular weight is 364 g/mol. The molecule has 6 heteroatoms. The van der Waals surface area contributed by atoms with E-state index in [4.69, 9.17) is 0 Å². The predicted octanol–water partition coefficient (Wildman–Crippen LogP) is 4.61. The second-order valence-electron chi connectivity index (χ2n) is 5.42. The molecule has 2 rings (SSSR count). The van der Waals surface area contributed by atoms with Crippen molar-refractivity contribution in [3.8, 4) is 0 Å². The van der Waals surface area contributed by atoms with Gasteiger partial charge >= 0.3 is 6.18 Å². The van der Waals surface area contributed by atoms with E-state index in [1.54, 1.807) is 25.1 Å². The van der Waals surface area contributed by atoms with Gasteiger partial charge in [-0.15, -0.1) is 0 Å². The van der Waals surface area contributed by atoms with E-state index in [1.807, 2.05) is 0 Å². The molecule has 0 radical (unpaired) electrons. The molecule has 1 aliphatic carbocycles. The molecule has 1 aromatic rings. The maximum Gasteiger partial charge on any atom is 0.393 e. The van der Waals surface area contributed by atoms with Crippen LogP contribution in [0.4, 0.5) is 13.2 Å². The van der Waals surface area contributed by atoms with Crippen LogP contribution in [0, 0.1) is 12.8 Å². The first-order valence-electron chi connectivity index (χ1n) is 6.93. The fraction of sp³-hybridized carbons (Fsp3) is 0.533. The van der Waals surface area contributed by atoms with Crippen molar-refractivity contribution >= 4 is 21.8 Å². The second-order valence-corrected chi connectivity index (χ2v) is 6.28. The Morgan fingerprint density at radius 1 is 1.29 bits per heavy atom. The number of carbonyl (C=O) groups excluding carboxylic acids is 1. The first-order valence-corrected chi connectivity index (χ1v) is 7.72. The summed E-state index contributed by atoms with van der Waals surface area (Å²) in [4.78, 5) is 12.3. The molecule has 0 heterocycles. The number of carbonyl (C=O) groups is 1. The van der Waals surface area contributed by atoms with Gasteiger partial charge in [0.05, 0.1) is 5.92 Å². The molecule has 1 amide bonds. The molecule has 0 spiro atoms. The van der Waals surface area contributed by atoms with Gasteiger partial charge in [0.1, 0.15) is 0 Å². The fourth-order valence-corrected chi connectivity index (χ4v) is 3.16. The number of rotatable bonds is 2. The number of halogens is 4. The van der Waals surface area contributed by atoms with E-state index in [9.17, 15) is 18.0 Å². The van der Waals surface area contributed by atoms with Crippen molar-refractivity contribution in [2.75, 3.05) is 0 Å². The minimum atomic E-state index is -4.26. The van der Waals surface area contributed by atoms with Crippen LogP contribution in [0.2, 0.25) is 0 Å². The van der Waals surface area contributed by atoms with Crippen molar-refractivity contribution in [3.05, 3.63) is 33.8 Å². The van der Waals surface area contributed by atoms with Gasteiger partial charge in [-0.3, -0.25) is 4.79 Å². The smallest absolute Gasteiger partial charge is 0.349 e. The number of benzene rings is 1. The van der Waals surface area contributed by atoms with Gasteiger partial charge in [-0.05, 0) is 37.5 Å². The molecule has 1 aliphatic rings. The molecule has 0 bridgehead atoms. The van der Waals surface area contributed by atoms with Crippen molar-refractivity contribution in [2.24, 2.45) is 5.92 Å². The molecule has 0 saturated heterocycles. The highest BCUT2D eigenvalue weighted by Gasteiger charge is 2.46. The van der Waals surface area contributed by atoms with Crippen LogP contribution >= 0.6 is 15.9 Å². The summed E-state index contributed by atoms with van der Waals surface area (Å²) >= 11 is 3.32. The van der Waals surface area contributed by atoms with Gasteiger partial charge in [0, 0.05) is 16.1 Å². The van der Waals surface area contributed by atoms with Crippen LogP contribution < -0.4 is 5.32 Å². The normalized spacial score (nSPS) is 22.9. The predicted molar refractivity (Wildman–Crippen MR) is 78.1 cm³/mol. The van der Waals surface area contributed by atoms with E-state index in [0.29, 0.717) is 18.4 Å². The maximum absolute atomic E-state index is 13.0. The number of alkyl halides is 3. The summed E-state index contributed by atoms with van der Waals surface area (Å²) in [5.74, 6) is -1.88.